The van der Waals surface area contributed by atoms with Gasteiger partial charge >= 0.3 is 6.18 Å². The van der Waals surface area contributed by atoms with Crippen molar-refractivity contribution in [2.45, 2.75) is 26.6 Å². The molecule has 1 aromatic carbocycles. The fourth-order valence-electron chi connectivity index (χ4n) is 2.57. The Labute approximate surface area is 180 Å². The molecule has 4 N–H and O–H groups in total. The number of hydrazine groups is 1. The van der Waals surface area contributed by atoms with Gasteiger partial charge in [-0.3, -0.25) is 19.9 Å². The number of nitrogens with one attached hydrogen (secondary N) is 2. The lowest BCUT2D eigenvalue weighted by Gasteiger charge is -2.19. The smallest absolute Gasteiger partial charge is 0.310 e. The first-order valence-electron chi connectivity index (χ1n) is 9.11. The number of nitrogens with zero attached hydrogens (tertiary/aromatic N) is 4. The third kappa shape index (κ3) is 5.33. The van der Waals surface area contributed by atoms with E-state index in [1.54, 1.807) is 13.8 Å². The van der Waals surface area contributed by atoms with Crippen molar-refractivity contribution in [2.24, 2.45) is 10.9 Å². The molecule has 0 aliphatic heterocycles. The molecule has 0 saturated heterocycles. The van der Waals surface area contributed by atoms with Gasteiger partial charge in [-0.25, -0.2) is 10.5 Å². The Morgan fingerprint density at radius 1 is 1.29 bits per heavy atom. The van der Waals surface area contributed by atoms with Crippen LogP contribution in [0.5, 0.6) is 0 Å². The predicted molar refractivity (Wildman–Crippen MR) is 110 cm³/mol. The van der Waals surface area contributed by atoms with Crippen molar-refractivity contribution in [3.63, 3.8) is 0 Å². The fourth-order valence-corrected chi connectivity index (χ4v) is 2.88. The van der Waals surface area contributed by atoms with Gasteiger partial charge in [0.15, 0.2) is 5.69 Å². The van der Waals surface area contributed by atoms with E-state index < -0.39 is 23.2 Å². The third-order valence-corrected chi connectivity index (χ3v) is 4.54. The number of hydrogen-bond donors (Lipinski definition) is 3. The largest absolute Gasteiger partial charge is 0.416 e. The molecule has 2 rings (SSSR count). The normalized spacial score (nSPS) is 11.9. The molecule has 0 atom stereocenters. The predicted octanol–water partition coefficient (Wildman–Crippen LogP) is 2.02. The Morgan fingerprint density at radius 3 is 2.39 bits per heavy atom. The maximum Gasteiger partial charge on any atom is 0.416 e. The van der Waals surface area contributed by atoms with Gasteiger partial charge in [0, 0.05) is 20.1 Å². The molecule has 31 heavy (non-hydrogen) atoms. The molecular formula is C18H21ClF3N7O2. The van der Waals surface area contributed by atoms with E-state index in [1.807, 2.05) is 0 Å². The number of hydrazone groups is 1. The van der Waals surface area contributed by atoms with E-state index in [1.165, 1.54) is 7.05 Å². The number of rotatable bonds is 5. The number of aromatic nitrogens is 2. The number of hydrogen-bond acceptors (Lipinski definition) is 6. The summed E-state index contributed by atoms with van der Waals surface area (Å²) >= 11 is 6.32. The van der Waals surface area contributed by atoms with Crippen LogP contribution in [0.3, 0.4) is 0 Å². The molecule has 2 aromatic rings. The number of benzene rings is 1. The number of guanidine groups is 1. The maximum atomic E-state index is 12.9. The number of carbonyl (C=O) groups is 1. The highest BCUT2D eigenvalue weighted by Gasteiger charge is 2.30. The van der Waals surface area contributed by atoms with Gasteiger partial charge in [0.05, 0.1) is 16.1 Å². The molecule has 0 spiro atoms. The van der Waals surface area contributed by atoms with E-state index in [2.05, 4.69) is 20.9 Å². The zero-order valence-corrected chi connectivity index (χ0v) is 17.7. The SMILES string of the molecule is CCN(N)/C(=N\NC)NC(=O)c1nn(CC)c(=O)c(-c2ccc(C(F)(F)F)cc2)c1Cl. The quantitative estimate of drug-likeness (QED) is 0.272. The van der Waals surface area contributed by atoms with E-state index in [0.717, 1.165) is 34.0 Å². The second-order valence-corrected chi connectivity index (χ2v) is 6.51. The van der Waals surface area contributed by atoms with Crippen LogP contribution in [0.1, 0.15) is 29.9 Å². The summed E-state index contributed by atoms with van der Waals surface area (Å²) < 4.78 is 39.6. The van der Waals surface area contributed by atoms with E-state index in [4.69, 9.17) is 17.4 Å². The summed E-state index contributed by atoms with van der Waals surface area (Å²) in [6.45, 7) is 3.75. The molecule has 9 nitrogen and oxygen atoms in total. The monoisotopic (exact) mass is 459 g/mol. The lowest BCUT2D eigenvalue weighted by Crippen LogP contribution is -2.49. The number of aryl methyl sites for hydroxylation is 1. The van der Waals surface area contributed by atoms with Crippen molar-refractivity contribution in [1.82, 2.24) is 25.5 Å². The molecule has 0 bridgehead atoms. The molecule has 0 unspecified atom stereocenters. The van der Waals surface area contributed by atoms with Crippen LogP contribution in [0.15, 0.2) is 34.2 Å². The van der Waals surface area contributed by atoms with Crippen molar-refractivity contribution >= 4 is 23.5 Å². The summed E-state index contributed by atoms with van der Waals surface area (Å²) in [7, 11) is 1.50. The van der Waals surface area contributed by atoms with E-state index >= 15 is 0 Å². The Bertz CT molecular complexity index is 1040. The Morgan fingerprint density at radius 2 is 1.90 bits per heavy atom. The van der Waals surface area contributed by atoms with Crippen molar-refractivity contribution in [3.05, 3.63) is 50.9 Å². The molecule has 0 fully saturated rings. The van der Waals surface area contributed by atoms with Crippen LogP contribution in [0.25, 0.3) is 11.1 Å². The summed E-state index contributed by atoms with van der Waals surface area (Å²) in [5.41, 5.74) is 0.606. The summed E-state index contributed by atoms with van der Waals surface area (Å²) in [4.78, 5) is 25.6. The standard InChI is InChI=1S/C18H21ClF3N7O2/c1-4-28(23)17(26-24-3)25-15(30)14-13(19)12(16(31)29(5-2)27-14)10-6-8-11(9-7-10)18(20,21)22/h6-9,24H,4-5,23H2,1-3H3,(H,25,26,30). The maximum absolute atomic E-state index is 12.9. The summed E-state index contributed by atoms with van der Waals surface area (Å²) in [5, 5.41) is 11.1. The van der Waals surface area contributed by atoms with Crippen molar-refractivity contribution < 1.29 is 18.0 Å². The molecular weight excluding hydrogens is 439 g/mol. The minimum atomic E-state index is -4.54. The second-order valence-electron chi connectivity index (χ2n) is 6.13. The van der Waals surface area contributed by atoms with Crippen molar-refractivity contribution in [3.8, 4) is 11.1 Å². The second kappa shape index (κ2) is 9.79. The Kier molecular flexibility index (Phi) is 7.63. The summed E-state index contributed by atoms with van der Waals surface area (Å²) in [6.07, 6.45) is -4.54. The first kappa shape index (κ1) is 24.2. The summed E-state index contributed by atoms with van der Waals surface area (Å²) in [6, 6.07) is 3.87. The topological polar surface area (TPSA) is 118 Å². The van der Waals surface area contributed by atoms with Crippen molar-refractivity contribution in [2.75, 3.05) is 13.6 Å². The van der Waals surface area contributed by atoms with Gasteiger partial charge in [0.2, 0.25) is 5.96 Å². The first-order chi connectivity index (χ1) is 14.5. The number of nitrogens with two attached hydrogens (primary N) is 1. The third-order valence-electron chi connectivity index (χ3n) is 4.17. The Balaban J connectivity index is 2.58. The van der Waals surface area contributed by atoms with Crippen LogP contribution >= 0.6 is 11.6 Å². The minimum Gasteiger partial charge on any atom is -0.310 e. The van der Waals surface area contributed by atoms with Gasteiger partial charge in [-0.1, -0.05) is 23.7 Å². The van der Waals surface area contributed by atoms with Gasteiger partial charge in [0.1, 0.15) is 0 Å². The van der Waals surface area contributed by atoms with Gasteiger partial charge in [-0.2, -0.15) is 18.3 Å². The lowest BCUT2D eigenvalue weighted by atomic mass is 10.0. The molecule has 0 aliphatic rings. The Hall–Kier alpha value is -3.12. The van der Waals surface area contributed by atoms with Crippen LogP contribution in [0.4, 0.5) is 13.2 Å². The molecule has 1 aromatic heterocycles. The highest BCUT2D eigenvalue weighted by atomic mass is 35.5. The highest BCUT2D eigenvalue weighted by Crippen LogP contribution is 2.32. The van der Waals surface area contributed by atoms with E-state index in [0.29, 0.717) is 6.54 Å². The van der Waals surface area contributed by atoms with Crippen LogP contribution in [-0.4, -0.2) is 40.2 Å². The van der Waals surface area contributed by atoms with E-state index in [9.17, 15) is 22.8 Å². The molecule has 168 valence electrons. The molecule has 1 amide bonds. The number of carbonyl (C=O) groups excluding carboxylic acids is 1. The van der Waals surface area contributed by atoms with Crippen LogP contribution in [0, 0.1) is 0 Å². The number of halogens is 4. The van der Waals surface area contributed by atoms with Crippen LogP contribution in [-0.2, 0) is 12.7 Å². The first-order valence-corrected chi connectivity index (χ1v) is 9.49. The van der Waals surface area contributed by atoms with Crippen LogP contribution < -0.4 is 22.1 Å². The van der Waals surface area contributed by atoms with Gasteiger partial charge in [-0.05, 0) is 31.5 Å². The zero-order valence-electron chi connectivity index (χ0n) is 16.9. The van der Waals surface area contributed by atoms with Gasteiger partial charge in [0.25, 0.3) is 11.5 Å². The highest BCUT2D eigenvalue weighted by molar-refractivity contribution is 6.36. The van der Waals surface area contributed by atoms with Gasteiger partial charge < -0.3 is 5.43 Å². The molecule has 0 radical (unpaired) electrons. The molecule has 0 saturated carbocycles. The molecule has 13 heteroatoms. The fraction of sp³-hybridized carbons (Fsp3) is 0.333. The molecule has 1 heterocycles. The zero-order chi connectivity index (χ0) is 23.3. The van der Waals surface area contributed by atoms with Crippen molar-refractivity contribution in [1.29, 1.82) is 0 Å². The van der Waals surface area contributed by atoms with Gasteiger partial charge in [-0.15, -0.1) is 5.10 Å². The number of alkyl halides is 3. The minimum absolute atomic E-state index is 0.0294. The lowest BCUT2D eigenvalue weighted by molar-refractivity contribution is -0.137. The molecule has 0 aliphatic carbocycles. The summed E-state index contributed by atoms with van der Waals surface area (Å²) in [5.74, 6) is 4.93. The van der Waals surface area contributed by atoms with E-state index in [-0.39, 0.29) is 34.3 Å². The average molecular weight is 460 g/mol. The number of amides is 1. The average Bonchev–Trinajstić information content (AvgIpc) is 2.72. The van der Waals surface area contributed by atoms with Crippen LogP contribution in [0.2, 0.25) is 5.02 Å².